The normalized spacial score (nSPS) is 10.7. The minimum absolute atomic E-state index is 0.137. The smallest absolute Gasteiger partial charge is 0.256 e. The maximum atomic E-state index is 12.8. The van der Waals surface area contributed by atoms with Gasteiger partial charge in [-0.1, -0.05) is 12.1 Å². The molecule has 0 radical (unpaired) electrons. The molecule has 1 heterocycles. The Morgan fingerprint density at radius 1 is 1.36 bits per heavy atom. The summed E-state index contributed by atoms with van der Waals surface area (Å²) in [4.78, 5) is 13.1. The van der Waals surface area contributed by atoms with Crippen LogP contribution in [0.2, 0.25) is 0 Å². The molecule has 0 saturated carbocycles. The van der Waals surface area contributed by atoms with Gasteiger partial charge in [-0.15, -0.1) is 11.8 Å². The van der Waals surface area contributed by atoms with Gasteiger partial charge in [0.1, 0.15) is 17.1 Å². The minimum Gasteiger partial charge on any atom is -0.360 e. The first-order valence-electron chi connectivity index (χ1n) is 7.23. The van der Waals surface area contributed by atoms with Crippen molar-refractivity contribution < 1.29 is 13.7 Å². The number of hydrogen-bond acceptors (Lipinski definition) is 4. The SMILES string of the molecule is CCc1onc(C)c1C(=O)NCCCSc1ccc(F)cc1. The van der Waals surface area contributed by atoms with E-state index in [0.717, 1.165) is 17.1 Å². The third kappa shape index (κ3) is 4.34. The molecule has 0 aliphatic carbocycles. The summed E-state index contributed by atoms with van der Waals surface area (Å²) in [5.41, 5.74) is 1.17. The largest absolute Gasteiger partial charge is 0.360 e. The van der Waals surface area contributed by atoms with E-state index in [1.54, 1.807) is 30.8 Å². The predicted octanol–water partition coefficient (Wildman–Crippen LogP) is 3.60. The summed E-state index contributed by atoms with van der Waals surface area (Å²) in [5.74, 6) is 1.11. The summed E-state index contributed by atoms with van der Waals surface area (Å²) in [6.45, 7) is 4.28. The van der Waals surface area contributed by atoms with Crippen molar-refractivity contribution in [3.05, 3.63) is 47.1 Å². The zero-order valence-corrected chi connectivity index (χ0v) is 13.5. The maximum Gasteiger partial charge on any atom is 0.256 e. The van der Waals surface area contributed by atoms with Crippen LogP contribution < -0.4 is 5.32 Å². The summed E-state index contributed by atoms with van der Waals surface area (Å²) < 4.78 is 17.9. The number of aromatic nitrogens is 1. The standard InChI is InChI=1S/C16H19FN2O2S/c1-3-14-15(11(2)19-21-14)16(20)18-9-4-10-22-13-7-5-12(17)6-8-13/h5-8H,3-4,9-10H2,1-2H3,(H,18,20). The molecular weight excluding hydrogens is 303 g/mol. The monoisotopic (exact) mass is 322 g/mol. The molecule has 1 aromatic heterocycles. The van der Waals surface area contributed by atoms with Crippen molar-refractivity contribution in [3.8, 4) is 0 Å². The number of thioether (sulfide) groups is 1. The second-order valence-electron chi connectivity index (χ2n) is 4.83. The van der Waals surface area contributed by atoms with Crippen LogP contribution in [-0.4, -0.2) is 23.4 Å². The van der Waals surface area contributed by atoms with E-state index in [4.69, 9.17) is 4.52 Å². The van der Waals surface area contributed by atoms with Crippen LogP contribution in [0.3, 0.4) is 0 Å². The zero-order chi connectivity index (χ0) is 15.9. The van der Waals surface area contributed by atoms with Crippen LogP contribution >= 0.6 is 11.8 Å². The van der Waals surface area contributed by atoms with E-state index in [0.29, 0.717) is 30.0 Å². The number of amides is 1. The predicted molar refractivity (Wildman–Crippen MR) is 84.7 cm³/mol. The molecule has 0 spiro atoms. The lowest BCUT2D eigenvalue weighted by molar-refractivity contribution is 0.0951. The van der Waals surface area contributed by atoms with Gasteiger partial charge >= 0.3 is 0 Å². The first-order chi connectivity index (χ1) is 10.6. The lowest BCUT2D eigenvalue weighted by atomic mass is 10.1. The number of carbonyl (C=O) groups is 1. The third-order valence-corrected chi connectivity index (χ3v) is 4.27. The van der Waals surface area contributed by atoms with Crippen molar-refractivity contribution in [2.24, 2.45) is 0 Å². The number of rotatable bonds is 7. The molecule has 0 saturated heterocycles. The molecule has 0 atom stereocenters. The van der Waals surface area contributed by atoms with Crippen molar-refractivity contribution >= 4 is 17.7 Å². The van der Waals surface area contributed by atoms with Crippen molar-refractivity contribution in [2.45, 2.75) is 31.6 Å². The van der Waals surface area contributed by atoms with Crippen LogP contribution in [0.15, 0.2) is 33.7 Å². The number of benzene rings is 1. The molecule has 6 heteroatoms. The molecule has 1 N–H and O–H groups in total. The minimum atomic E-state index is -0.229. The fraction of sp³-hybridized carbons (Fsp3) is 0.375. The van der Waals surface area contributed by atoms with Crippen molar-refractivity contribution in [2.75, 3.05) is 12.3 Å². The van der Waals surface area contributed by atoms with Crippen molar-refractivity contribution in [1.82, 2.24) is 10.5 Å². The Morgan fingerprint density at radius 2 is 2.09 bits per heavy atom. The molecule has 2 rings (SSSR count). The average Bonchev–Trinajstić information content (AvgIpc) is 2.89. The Kier molecular flexibility index (Phi) is 6.00. The number of carbonyl (C=O) groups excluding carboxylic acids is 1. The highest BCUT2D eigenvalue weighted by molar-refractivity contribution is 7.99. The fourth-order valence-corrected chi connectivity index (χ4v) is 2.89. The maximum absolute atomic E-state index is 12.8. The van der Waals surface area contributed by atoms with E-state index in [2.05, 4.69) is 10.5 Å². The zero-order valence-electron chi connectivity index (χ0n) is 12.7. The Hall–Kier alpha value is -1.82. The number of nitrogens with one attached hydrogen (secondary N) is 1. The van der Waals surface area contributed by atoms with Gasteiger partial charge in [-0.3, -0.25) is 4.79 Å². The third-order valence-electron chi connectivity index (χ3n) is 3.17. The van der Waals surface area contributed by atoms with Gasteiger partial charge in [0, 0.05) is 17.9 Å². The lowest BCUT2D eigenvalue weighted by Crippen LogP contribution is -2.26. The molecule has 0 unspecified atom stereocenters. The van der Waals surface area contributed by atoms with E-state index >= 15 is 0 Å². The summed E-state index contributed by atoms with van der Waals surface area (Å²) in [6.07, 6.45) is 1.48. The first kappa shape index (κ1) is 16.5. The molecule has 118 valence electrons. The number of aryl methyl sites for hydroxylation is 2. The first-order valence-corrected chi connectivity index (χ1v) is 8.22. The molecule has 0 aliphatic heterocycles. The van der Waals surface area contributed by atoms with E-state index in [-0.39, 0.29) is 11.7 Å². The van der Waals surface area contributed by atoms with Gasteiger partial charge in [0.05, 0.1) is 5.69 Å². The van der Waals surface area contributed by atoms with Crippen molar-refractivity contribution in [1.29, 1.82) is 0 Å². The molecule has 1 aromatic carbocycles. The van der Waals surface area contributed by atoms with Crippen LogP contribution in [0, 0.1) is 12.7 Å². The quantitative estimate of drug-likeness (QED) is 0.625. The Bertz CT molecular complexity index is 626. The highest BCUT2D eigenvalue weighted by atomic mass is 32.2. The Labute approximate surface area is 133 Å². The van der Waals surface area contributed by atoms with Gasteiger partial charge < -0.3 is 9.84 Å². The summed E-state index contributed by atoms with van der Waals surface area (Å²) in [5, 5.41) is 6.71. The van der Waals surface area contributed by atoms with E-state index in [1.165, 1.54) is 12.1 Å². The number of nitrogens with zero attached hydrogens (tertiary/aromatic N) is 1. The van der Waals surface area contributed by atoms with Crippen LogP contribution in [0.5, 0.6) is 0 Å². The van der Waals surface area contributed by atoms with Crippen LogP contribution in [-0.2, 0) is 6.42 Å². The van der Waals surface area contributed by atoms with Gasteiger partial charge in [0.15, 0.2) is 0 Å². The molecule has 22 heavy (non-hydrogen) atoms. The van der Waals surface area contributed by atoms with E-state index in [1.807, 2.05) is 6.92 Å². The molecule has 4 nitrogen and oxygen atoms in total. The average molecular weight is 322 g/mol. The molecule has 2 aromatic rings. The fourth-order valence-electron chi connectivity index (χ4n) is 2.03. The second-order valence-corrected chi connectivity index (χ2v) is 6.00. The molecule has 0 fully saturated rings. The van der Waals surface area contributed by atoms with Crippen LogP contribution in [0.1, 0.15) is 35.2 Å². The number of halogens is 1. The summed E-state index contributed by atoms with van der Waals surface area (Å²) in [7, 11) is 0. The molecule has 1 amide bonds. The molecule has 0 bridgehead atoms. The topological polar surface area (TPSA) is 55.1 Å². The molecule has 0 aliphatic rings. The summed E-state index contributed by atoms with van der Waals surface area (Å²) >= 11 is 1.64. The highest BCUT2D eigenvalue weighted by Gasteiger charge is 2.18. The summed E-state index contributed by atoms with van der Waals surface area (Å²) in [6, 6.07) is 6.41. The number of hydrogen-bond donors (Lipinski definition) is 1. The highest BCUT2D eigenvalue weighted by Crippen LogP contribution is 2.18. The van der Waals surface area contributed by atoms with Gasteiger partial charge in [-0.2, -0.15) is 0 Å². The van der Waals surface area contributed by atoms with Gasteiger partial charge in [0.2, 0.25) is 0 Å². The van der Waals surface area contributed by atoms with Crippen LogP contribution in [0.25, 0.3) is 0 Å². The Balaban J connectivity index is 1.73. The van der Waals surface area contributed by atoms with E-state index < -0.39 is 0 Å². The van der Waals surface area contributed by atoms with Gasteiger partial charge in [-0.05, 0) is 43.4 Å². The van der Waals surface area contributed by atoms with Gasteiger partial charge in [-0.25, -0.2) is 4.39 Å². The van der Waals surface area contributed by atoms with Gasteiger partial charge in [0.25, 0.3) is 5.91 Å². The second kappa shape index (κ2) is 7.98. The lowest BCUT2D eigenvalue weighted by Gasteiger charge is -2.05. The van der Waals surface area contributed by atoms with Crippen LogP contribution in [0.4, 0.5) is 4.39 Å². The molecular formula is C16H19FN2O2S. The van der Waals surface area contributed by atoms with E-state index in [9.17, 15) is 9.18 Å². The Morgan fingerprint density at radius 3 is 2.77 bits per heavy atom. The van der Waals surface area contributed by atoms with Crippen molar-refractivity contribution in [3.63, 3.8) is 0 Å².